The van der Waals surface area contributed by atoms with Crippen LogP contribution >= 0.6 is 0 Å². The summed E-state index contributed by atoms with van der Waals surface area (Å²) in [5.41, 5.74) is 3.02. The lowest BCUT2D eigenvalue weighted by atomic mass is 10.1. The lowest BCUT2D eigenvalue weighted by Gasteiger charge is -2.33. The first kappa shape index (κ1) is 16.9. The van der Waals surface area contributed by atoms with Crippen molar-refractivity contribution in [2.75, 3.05) is 25.2 Å². The average Bonchev–Trinajstić information content (AvgIpc) is 2.42. The topological polar surface area (TPSA) is 45.6 Å². The molecule has 0 amide bonds. The van der Waals surface area contributed by atoms with Crippen LogP contribution in [-0.4, -0.2) is 36.4 Å². The van der Waals surface area contributed by atoms with Crippen LogP contribution in [0.1, 0.15) is 43.5 Å². The SMILES string of the molecule is CCC(CC)N(CCOC)c1nc(C)cc(C)c1CO. The minimum absolute atomic E-state index is 0.0259. The van der Waals surface area contributed by atoms with Crippen LogP contribution in [0.3, 0.4) is 0 Å². The molecule has 0 bridgehead atoms. The summed E-state index contributed by atoms with van der Waals surface area (Å²) < 4.78 is 5.24. The molecule has 0 atom stereocenters. The summed E-state index contributed by atoms with van der Waals surface area (Å²) in [4.78, 5) is 6.97. The summed E-state index contributed by atoms with van der Waals surface area (Å²) in [5, 5.41) is 9.69. The minimum Gasteiger partial charge on any atom is -0.392 e. The van der Waals surface area contributed by atoms with Crippen molar-refractivity contribution in [1.29, 1.82) is 0 Å². The number of hydrogen-bond acceptors (Lipinski definition) is 4. The highest BCUT2D eigenvalue weighted by molar-refractivity contribution is 5.52. The molecule has 4 nitrogen and oxygen atoms in total. The molecule has 0 aromatic carbocycles. The van der Waals surface area contributed by atoms with E-state index in [0.29, 0.717) is 12.6 Å². The van der Waals surface area contributed by atoms with Crippen molar-refractivity contribution < 1.29 is 9.84 Å². The molecule has 0 aliphatic heterocycles. The second-order valence-corrected chi connectivity index (χ2v) is 5.20. The fourth-order valence-electron chi connectivity index (χ4n) is 2.66. The molecule has 1 N–H and O–H groups in total. The summed E-state index contributed by atoms with van der Waals surface area (Å²) >= 11 is 0. The third kappa shape index (κ3) is 3.93. The van der Waals surface area contributed by atoms with E-state index in [1.54, 1.807) is 7.11 Å². The van der Waals surface area contributed by atoms with Gasteiger partial charge in [0, 0.05) is 31.0 Å². The Morgan fingerprint density at radius 2 is 1.95 bits per heavy atom. The maximum Gasteiger partial charge on any atom is 0.134 e. The second kappa shape index (κ2) is 8.22. The van der Waals surface area contributed by atoms with E-state index in [0.717, 1.165) is 42.0 Å². The molecule has 0 aliphatic carbocycles. The number of rotatable bonds is 8. The number of methoxy groups -OCH3 is 1. The lowest BCUT2D eigenvalue weighted by molar-refractivity contribution is 0.202. The maximum atomic E-state index is 9.69. The van der Waals surface area contributed by atoms with Crippen LogP contribution in [-0.2, 0) is 11.3 Å². The van der Waals surface area contributed by atoms with Crippen LogP contribution in [0, 0.1) is 13.8 Å². The Morgan fingerprint density at radius 3 is 2.45 bits per heavy atom. The Labute approximate surface area is 122 Å². The van der Waals surface area contributed by atoms with Gasteiger partial charge < -0.3 is 14.7 Å². The van der Waals surface area contributed by atoms with Gasteiger partial charge in [-0.3, -0.25) is 0 Å². The minimum atomic E-state index is 0.0259. The molecule has 0 fully saturated rings. The smallest absolute Gasteiger partial charge is 0.134 e. The highest BCUT2D eigenvalue weighted by atomic mass is 16.5. The molecule has 20 heavy (non-hydrogen) atoms. The van der Waals surface area contributed by atoms with Crippen LogP contribution in [0.2, 0.25) is 0 Å². The van der Waals surface area contributed by atoms with Gasteiger partial charge in [-0.15, -0.1) is 0 Å². The Kier molecular flexibility index (Phi) is 6.96. The van der Waals surface area contributed by atoms with Crippen LogP contribution in [0.15, 0.2) is 6.07 Å². The van der Waals surface area contributed by atoms with E-state index in [1.165, 1.54) is 0 Å². The highest BCUT2D eigenvalue weighted by Crippen LogP contribution is 2.26. The van der Waals surface area contributed by atoms with E-state index in [2.05, 4.69) is 23.7 Å². The Morgan fingerprint density at radius 1 is 1.30 bits per heavy atom. The molecule has 0 saturated heterocycles. The zero-order valence-corrected chi connectivity index (χ0v) is 13.4. The number of aliphatic hydroxyl groups excluding tert-OH is 1. The molecule has 1 rings (SSSR count). The van der Waals surface area contributed by atoms with E-state index in [1.807, 2.05) is 19.9 Å². The van der Waals surface area contributed by atoms with Crippen molar-refractivity contribution in [1.82, 2.24) is 4.98 Å². The van der Waals surface area contributed by atoms with Gasteiger partial charge in [-0.2, -0.15) is 0 Å². The van der Waals surface area contributed by atoms with Crippen molar-refractivity contribution in [3.05, 3.63) is 22.9 Å². The van der Waals surface area contributed by atoms with Crippen molar-refractivity contribution in [2.24, 2.45) is 0 Å². The predicted octanol–water partition coefficient (Wildman–Crippen LogP) is 2.83. The number of pyridine rings is 1. The third-order valence-electron chi connectivity index (χ3n) is 3.80. The number of hydrogen-bond donors (Lipinski definition) is 1. The molecular weight excluding hydrogens is 252 g/mol. The van der Waals surface area contributed by atoms with Gasteiger partial charge in [0.1, 0.15) is 5.82 Å². The molecule has 1 aromatic heterocycles. The molecule has 114 valence electrons. The number of ether oxygens (including phenoxy) is 1. The van der Waals surface area contributed by atoms with Gasteiger partial charge in [0.15, 0.2) is 0 Å². The molecule has 1 aromatic rings. The predicted molar refractivity (Wildman–Crippen MR) is 83.2 cm³/mol. The molecule has 0 spiro atoms. The largest absolute Gasteiger partial charge is 0.392 e. The van der Waals surface area contributed by atoms with Crippen molar-refractivity contribution >= 4 is 5.82 Å². The molecule has 0 saturated carbocycles. The zero-order chi connectivity index (χ0) is 15.1. The summed E-state index contributed by atoms with van der Waals surface area (Å²) in [6.07, 6.45) is 2.11. The fourth-order valence-corrected chi connectivity index (χ4v) is 2.66. The van der Waals surface area contributed by atoms with Crippen molar-refractivity contribution in [3.63, 3.8) is 0 Å². The van der Waals surface area contributed by atoms with Crippen LogP contribution in [0.5, 0.6) is 0 Å². The summed E-state index contributed by atoms with van der Waals surface area (Å²) in [7, 11) is 1.72. The van der Waals surface area contributed by atoms with E-state index < -0.39 is 0 Å². The Bertz CT molecular complexity index is 417. The fraction of sp³-hybridized carbons (Fsp3) is 0.688. The van der Waals surface area contributed by atoms with Crippen molar-refractivity contribution in [3.8, 4) is 0 Å². The molecule has 0 radical (unpaired) electrons. The van der Waals surface area contributed by atoms with E-state index in [-0.39, 0.29) is 6.61 Å². The Balaban J connectivity index is 3.24. The van der Waals surface area contributed by atoms with Gasteiger partial charge >= 0.3 is 0 Å². The van der Waals surface area contributed by atoms with Gasteiger partial charge in [0.05, 0.1) is 13.2 Å². The zero-order valence-electron chi connectivity index (χ0n) is 13.4. The number of anilines is 1. The van der Waals surface area contributed by atoms with Gasteiger partial charge in [-0.25, -0.2) is 4.98 Å². The van der Waals surface area contributed by atoms with Crippen molar-refractivity contribution in [2.45, 2.75) is 53.2 Å². The summed E-state index contributed by atoms with van der Waals surface area (Å²) in [5.74, 6) is 0.913. The van der Waals surface area contributed by atoms with Crippen LogP contribution < -0.4 is 4.90 Å². The van der Waals surface area contributed by atoms with E-state index in [9.17, 15) is 5.11 Å². The Hall–Kier alpha value is -1.13. The van der Waals surface area contributed by atoms with Gasteiger partial charge in [-0.05, 0) is 38.3 Å². The van der Waals surface area contributed by atoms with E-state index >= 15 is 0 Å². The first-order chi connectivity index (χ1) is 9.58. The van der Waals surface area contributed by atoms with E-state index in [4.69, 9.17) is 4.74 Å². The first-order valence-electron chi connectivity index (χ1n) is 7.42. The molecule has 0 unspecified atom stereocenters. The maximum absolute atomic E-state index is 9.69. The number of aromatic nitrogens is 1. The normalized spacial score (nSPS) is 11.2. The number of nitrogens with zero attached hydrogens (tertiary/aromatic N) is 2. The standard InChI is InChI=1S/C16H28N2O2/c1-6-14(7-2)18(8-9-20-5)16-15(11-19)12(3)10-13(4)17-16/h10,14,19H,6-9,11H2,1-5H3. The quantitative estimate of drug-likeness (QED) is 0.795. The van der Waals surface area contributed by atoms with Crippen LogP contribution in [0.4, 0.5) is 5.82 Å². The molecular formula is C16H28N2O2. The molecule has 4 heteroatoms. The second-order valence-electron chi connectivity index (χ2n) is 5.20. The first-order valence-corrected chi connectivity index (χ1v) is 7.42. The average molecular weight is 280 g/mol. The summed E-state index contributed by atoms with van der Waals surface area (Å²) in [6, 6.07) is 2.44. The van der Waals surface area contributed by atoms with Gasteiger partial charge in [-0.1, -0.05) is 13.8 Å². The summed E-state index contributed by atoms with van der Waals surface area (Å²) in [6.45, 7) is 9.90. The number of aliphatic hydroxyl groups is 1. The molecule has 1 heterocycles. The van der Waals surface area contributed by atoms with Gasteiger partial charge in [0.25, 0.3) is 0 Å². The molecule has 0 aliphatic rings. The highest BCUT2D eigenvalue weighted by Gasteiger charge is 2.21. The van der Waals surface area contributed by atoms with Crippen LogP contribution in [0.25, 0.3) is 0 Å². The monoisotopic (exact) mass is 280 g/mol. The third-order valence-corrected chi connectivity index (χ3v) is 3.80. The van der Waals surface area contributed by atoms with Gasteiger partial charge in [0.2, 0.25) is 0 Å². The lowest BCUT2D eigenvalue weighted by Crippen LogP contribution is -2.38. The number of aryl methyl sites for hydroxylation is 2.